The average molecular weight is 1080 g/mol. The number of carbonyl (C=O) groups is 3. The molecule has 0 fully saturated rings. The molecule has 0 aliphatic heterocycles. The van der Waals surface area contributed by atoms with E-state index >= 15 is 0 Å². The lowest BCUT2D eigenvalue weighted by molar-refractivity contribution is -0.870. The lowest BCUT2D eigenvalue weighted by Crippen LogP contribution is -2.44. The Morgan fingerprint density at radius 1 is 0.403 bits per heavy atom. The number of allylic oxidation sites excluding steroid dienone is 12. The molecule has 0 aromatic heterocycles. The number of carbonyl (C=O) groups excluding carboxylic acids is 3. The molecular formula is C68H121NO8. The topological polar surface area (TPSA) is 111 Å². The van der Waals surface area contributed by atoms with E-state index in [0.29, 0.717) is 17.4 Å². The molecule has 446 valence electrons. The number of quaternary nitrogens is 1. The maximum absolute atomic E-state index is 12.9. The van der Waals surface area contributed by atoms with Gasteiger partial charge in [-0.1, -0.05) is 260 Å². The van der Waals surface area contributed by atoms with E-state index in [1.54, 1.807) is 0 Å². The van der Waals surface area contributed by atoms with Crippen LogP contribution in [0.4, 0.5) is 0 Å². The van der Waals surface area contributed by atoms with Gasteiger partial charge in [0.2, 0.25) is 0 Å². The Bertz CT molecular complexity index is 1490. The van der Waals surface area contributed by atoms with Gasteiger partial charge in [0.25, 0.3) is 0 Å². The van der Waals surface area contributed by atoms with Crippen LogP contribution in [-0.4, -0.2) is 82.3 Å². The van der Waals surface area contributed by atoms with Gasteiger partial charge in [0.05, 0.1) is 40.3 Å². The van der Waals surface area contributed by atoms with Gasteiger partial charge in [-0.2, -0.15) is 0 Å². The SMILES string of the molecule is CC/C=C\C/C=C\C/C=C\C/C=C\C/C=C\CCCCCCCCCCCCCCCCCC(=O)OC(COC(=O)CCCCCCCCCCC/C=C\CCCCCCCCCC)COC(OCC[N+](C)(C)C)C(=O)[O-]. The number of rotatable bonds is 59. The van der Waals surface area contributed by atoms with Gasteiger partial charge in [0.15, 0.2) is 12.4 Å². The molecule has 0 amide bonds. The zero-order valence-electron chi connectivity index (χ0n) is 50.8. The summed E-state index contributed by atoms with van der Waals surface area (Å²) in [6.45, 7) is 4.66. The summed E-state index contributed by atoms with van der Waals surface area (Å²) in [5, 5.41) is 11.8. The number of carboxylic acid groups (broad SMARTS) is 1. The van der Waals surface area contributed by atoms with Gasteiger partial charge in [0.1, 0.15) is 13.2 Å². The fraction of sp³-hybridized carbons (Fsp3) is 0.779. The summed E-state index contributed by atoms with van der Waals surface area (Å²) in [6.07, 6.45) is 73.9. The van der Waals surface area contributed by atoms with E-state index in [9.17, 15) is 19.5 Å². The average Bonchev–Trinajstić information content (AvgIpc) is 3.40. The fourth-order valence-corrected chi connectivity index (χ4v) is 9.03. The van der Waals surface area contributed by atoms with Crippen molar-refractivity contribution in [2.45, 2.75) is 296 Å². The van der Waals surface area contributed by atoms with Crippen molar-refractivity contribution in [3.8, 4) is 0 Å². The summed E-state index contributed by atoms with van der Waals surface area (Å²) in [6, 6.07) is 0. The van der Waals surface area contributed by atoms with Gasteiger partial charge in [-0.15, -0.1) is 0 Å². The summed E-state index contributed by atoms with van der Waals surface area (Å²) in [7, 11) is 5.93. The minimum atomic E-state index is -1.62. The van der Waals surface area contributed by atoms with Crippen molar-refractivity contribution < 1.29 is 42.9 Å². The van der Waals surface area contributed by atoms with Crippen LogP contribution in [-0.2, 0) is 33.3 Å². The van der Waals surface area contributed by atoms with Crippen LogP contribution in [0.1, 0.15) is 284 Å². The van der Waals surface area contributed by atoms with Crippen LogP contribution in [0.3, 0.4) is 0 Å². The number of unbranched alkanes of at least 4 members (excludes halogenated alkanes) is 32. The standard InChI is InChI=1S/C68H121NO8/c1-6-8-10-12-14-16-18-20-22-24-26-28-29-30-31-32-33-34-35-36-37-39-41-43-45-47-49-51-53-55-57-59-66(71)77-64(63-76-68(67(72)73)74-61-60-69(3,4)5)62-75-65(70)58-56-54-52-50-48-46-44-42-40-38-27-25-23-21-19-17-15-13-11-9-7-2/h8,10,14,16,20,22,25-28,30-31,64,68H,6-7,9,11-13,15,17-19,21,23-24,29,32-63H2,1-5H3/b10-8-,16-14-,22-20-,27-25-,28-26-,31-30-. The highest BCUT2D eigenvalue weighted by molar-refractivity contribution is 5.70. The number of hydrogen-bond donors (Lipinski definition) is 0. The molecule has 0 heterocycles. The first-order valence-corrected chi connectivity index (χ1v) is 32.1. The van der Waals surface area contributed by atoms with Crippen molar-refractivity contribution in [3.05, 3.63) is 72.9 Å². The number of hydrogen-bond acceptors (Lipinski definition) is 8. The Morgan fingerprint density at radius 3 is 1.12 bits per heavy atom. The summed E-state index contributed by atoms with van der Waals surface area (Å²) in [4.78, 5) is 37.4. The van der Waals surface area contributed by atoms with Gasteiger partial charge in [-0.3, -0.25) is 9.59 Å². The molecular weight excluding hydrogens is 959 g/mol. The Hall–Kier alpha value is -3.27. The van der Waals surface area contributed by atoms with Crippen LogP contribution in [0.2, 0.25) is 0 Å². The highest BCUT2D eigenvalue weighted by atomic mass is 16.7. The van der Waals surface area contributed by atoms with Crippen LogP contribution in [0.5, 0.6) is 0 Å². The van der Waals surface area contributed by atoms with Crippen LogP contribution >= 0.6 is 0 Å². The summed E-state index contributed by atoms with van der Waals surface area (Å²) < 4.78 is 22.8. The van der Waals surface area contributed by atoms with Crippen molar-refractivity contribution >= 4 is 17.9 Å². The minimum Gasteiger partial charge on any atom is -0.545 e. The van der Waals surface area contributed by atoms with E-state index in [0.717, 1.165) is 70.6 Å². The maximum Gasteiger partial charge on any atom is 0.306 e. The van der Waals surface area contributed by atoms with Gasteiger partial charge >= 0.3 is 11.9 Å². The first-order valence-electron chi connectivity index (χ1n) is 32.1. The summed E-state index contributed by atoms with van der Waals surface area (Å²) in [5.74, 6) is -2.28. The van der Waals surface area contributed by atoms with Gasteiger partial charge in [-0.25, -0.2) is 0 Å². The molecule has 0 aliphatic carbocycles. The molecule has 9 heteroatoms. The van der Waals surface area contributed by atoms with Gasteiger partial charge in [0, 0.05) is 12.8 Å². The van der Waals surface area contributed by atoms with E-state index in [2.05, 4.69) is 86.8 Å². The molecule has 0 bridgehead atoms. The molecule has 0 aromatic carbocycles. The smallest absolute Gasteiger partial charge is 0.306 e. The van der Waals surface area contributed by atoms with Crippen LogP contribution in [0.15, 0.2) is 72.9 Å². The second kappa shape index (κ2) is 58.9. The first kappa shape index (κ1) is 73.7. The molecule has 77 heavy (non-hydrogen) atoms. The number of likely N-dealkylation sites (N-methyl/N-ethyl adjacent to an activating group) is 1. The monoisotopic (exact) mass is 1080 g/mol. The van der Waals surface area contributed by atoms with Crippen molar-refractivity contribution in [3.63, 3.8) is 0 Å². The fourth-order valence-electron chi connectivity index (χ4n) is 9.03. The zero-order chi connectivity index (χ0) is 56.2. The molecule has 2 atom stereocenters. The Morgan fingerprint density at radius 2 is 0.740 bits per heavy atom. The number of aliphatic carboxylic acids is 1. The molecule has 0 saturated heterocycles. The van der Waals surface area contributed by atoms with Crippen molar-refractivity contribution in [1.82, 2.24) is 0 Å². The van der Waals surface area contributed by atoms with Crippen LogP contribution < -0.4 is 5.11 Å². The predicted octanol–water partition coefficient (Wildman–Crippen LogP) is 18.0. The lowest BCUT2D eigenvalue weighted by atomic mass is 10.0. The van der Waals surface area contributed by atoms with E-state index in [4.69, 9.17) is 18.9 Å². The number of nitrogens with zero attached hydrogens (tertiary/aromatic N) is 1. The van der Waals surface area contributed by atoms with E-state index in [-0.39, 0.29) is 38.6 Å². The second-order valence-electron chi connectivity index (χ2n) is 22.7. The van der Waals surface area contributed by atoms with Crippen molar-refractivity contribution in [2.24, 2.45) is 0 Å². The quantitative estimate of drug-likeness (QED) is 0.0195. The van der Waals surface area contributed by atoms with Crippen molar-refractivity contribution in [2.75, 3.05) is 47.5 Å². The third-order valence-corrected chi connectivity index (χ3v) is 13.9. The summed E-state index contributed by atoms with van der Waals surface area (Å²) >= 11 is 0. The number of esters is 2. The molecule has 0 N–H and O–H groups in total. The van der Waals surface area contributed by atoms with Gasteiger partial charge in [-0.05, 0) is 83.5 Å². The van der Waals surface area contributed by atoms with E-state index in [1.165, 1.54) is 180 Å². The maximum atomic E-state index is 12.9. The zero-order valence-corrected chi connectivity index (χ0v) is 50.8. The Labute approximate surface area is 475 Å². The molecule has 9 nitrogen and oxygen atoms in total. The van der Waals surface area contributed by atoms with Crippen LogP contribution in [0.25, 0.3) is 0 Å². The molecule has 0 aliphatic rings. The number of carboxylic acids is 1. The first-order chi connectivity index (χ1) is 37.6. The molecule has 0 spiro atoms. The third kappa shape index (κ3) is 60.2. The Balaban J connectivity index is 4.15. The molecule has 2 unspecified atom stereocenters. The molecule has 0 radical (unpaired) electrons. The third-order valence-electron chi connectivity index (χ3n) is 13.9. The minimum absolute atomic E-state index is 0.146. The lowest BCUT2D eigenvalue weighted by Gasteiger charge is -2.26. The van der Waals surface area contributed by atoms with E-state index < -0.39 is 24.3 Å². The van der Waals surface area contributed by atoms with Crippen molar-refractivity contribution in [1.29, 1.82) is 0 Å². The molecule has 0 saturated carbocycles. The predicted molar refractivity (Wildman–Crippen MR) is 325 cm³/mol. The largest absolute Gasteiger partial charge is 0.545 e. The highest BCUT2D eigenvalue weighted by Gasteiger charge is 2.22. The normalized spacial score (nSPS) is 13.2. The van der Waals surface area contributed by atoms with Gasteiger partial charge < -0.3 is 33.3 Å². The molecule has 0 rings (SSSR count). The summed E-state index contributed by atoms with van der Waals surface area (Å²) in [5.41, 5.74) is 0. The second-order valence-corrected chi connectivity index (χ2v) is 22.7. The molecule has 0 aromatic rings. The number of ether oxygens (including phenoxy) is 4. The van der Waals surface area contributed by atoms with E-state index in [1.807, 2.05) is 21.1 Å². The van der Waals surface area contributed by atoms with Crippen LogP contribution in [0, 0.1) is 0 Å². The highest BCUT2D eigenvalue weighted by Crippen LogP contribution is 2.17. The Kier molecular flexibility index (Phi) is 56.4.